The molecule has 2 aromatic rings. The maximum Gasteiger partial charge on any atom is 0.244 e. The first-order chi connectivity index (χ1) is 10.00. The maximum absolute atomic E-state index is 12.2. The van der Waals surface area contributed by atoms with Gasteiger partial charge in [-0.15, -0.1) is 0 Å². The van der Waals surface area contributed by atoms with Crippen molar-refractivity contribution in [3.63, 3.8) is 0 Å². The highest BCUT2D eigenvalue weighted by Crippen LogP contribution is 2.11. The molecule has 2 aromatic heterocycles. The van der Waals surface area contributed by atoms with Gasteiger partial charge in [0.1, 0.15) is 10.7 Å². The van der Waals surface area contributed by atoms with Crippen LogP contribution in [0.1, 0.15) is 5.76 Å². The molecule has 1 amide bonds. The van der Waals surface area contributed by atoms with Gasteiger partial charge in [0.25, 0.3) is 0 Å². The van der Waals surface area contributed by atoms with Gasteiger partial charge in [-0.3, -0.25) is 9.78 Å². The molecule has 0 fully saturated rings. The lowest BCUT2D eigenvalue weighted by Gasteiger charge is -2.16. The van der Waals surface area contributed by atoms with Crippen molar-refractivity contribution in [3.8, 4) is 0 Å². The molecule has 0 spiro atoms. The van der Waals surface area contributed by atoms with Crippen molar-refractivity contribution in [2.45, 2.75) is 11.4 Å². The van der Waals surface area contributed by atoms with Crippen LogP contribution >= 0.6 is 0 Å². The Morgan fingerprint density at radius 3 is 2.81 bits per heavy atom. The van der Waals surface area contributed by atoms with Gasteiger partial charge < -0.3 is 9.73 Å². The minimum atomic E-state index is -3.72. The van der Waals surface area contributed by atoms with Gasteiger partial charge in [0.15, 0.2) is 0 Å². The Bertz CT molecular complexity index is 683. The Hall–Kier alpha value is -2.19. The topological polar surface area (TPSA) is 92.5 Å². The molecule has 8 heteroatoms. The number of nitrogens with zero attached hydrogens (tertiary/aromatic N) is 2. The fourth-order valence-electron chi connectivity index (χ4n) is 1.62. The zero-order valence-electron chi connectivity index (χ0n) is 11.4. The van der Waals surface area contributed by atoms with E-state index in [-0.39, 0.29) is 18.0 Å². The van der Waals surface area contributed by atoms with Gasteiger partial charge in [-0.25, -0.2) is 8.42 Å². The van der Waals surface area contributed by atoms with E-state index in [1.807, 2.05) is 0 Å². The normalized spacial score (nSPS) is 11.5. The summed E-state index contributed by atoms with van der Waals surface area (Å²) in [5.41, 5.74) is 0. The highest BCUT2D eigenvalue weighted by Gasteiger charge is 2.22. The fraction of sp³-hybridized carbons (Fsp3) is 0.231. The van der Waals surface area contributed by atoms with Crippen molar-refractivity contribution in [2.24, 2.45) is 0 Å². The summed E-state index contributed by atoms with van der Waals surface area (Å²) in [6.45, 7) is -0.0649. The van der Waals surface area contributed by atoms with E-state index in [1.165, 1.54) is 37.8 Å². The average molecular weight is 309 g/mol. The Labute approximate surface area is 122 Å². The smallest absolute Gasteiger partial charge is 0.244 e. The summed E-state index contributed by atoms with van der Waals surface area (Å²) < 4.78 is 30.4. The average Bonchev–Trinajstić information content (AvgIpc) is 2.99. The number of sulfonamides is 1. The number of hydrogen-bond donors (Lipinski definition) is 1. The minimum absolute atomic E-state index is 0.0475. The summed E-state index contributed by atoms with van der Waals surface area (Å²) in [6.07, 6.45) is 4.22. The second-order valence-corrected chi connectivity index (χ2v) is 6.35. The number of likely N-dealkylation sites (N-methyl/N-ethyl adjacent to an activating group) is 1. The van der Waals surface area contributed by atoms with Crippen molar-refractivity contribution in [1.82, 2.24) is 14.6 Å². The number of carbonyl (C=O) groups is 1. The van der Waals surface area contributed by atoms with E-state index in [4.69, 9.17) is 4.42 Å². The van der Waals surface area contributed by atoms with E-state index in [1.54, 1.807) is 12.1 Å². The Balaban J connectivity index is 1.94. The number of carbonyl (C=O) groups excluding carboxylic acids is 1. The van der Waals surface area contributed by atoms with Gasteiger partial charge in [-0.05, 0) is 24.3 Å². The first-order valence-electron chi connectivity index (χ1n) is 6.15. The molecule has 0 atom stereocenters. The lowest BCUT2D eigenvalue weighted by Crippen LogP contribution is -2.38. The summed E-state index contributed by atoms with van der Waals surface area (Å²) >= 11 is 0. The van der Waals surface area contributed by atoms with Crippen LogP contribution in [0.5, 0.6) is 0 Å². The number of rotatable bonds is 6. The number of aromatic nitrogens is 1. The maximum atomic E-state index is 12.2. The van der Waals surface area contributed by atoms with Gasteiger partial charge in [0.2, 0.25) is 15.9 Å². The van der Waals surface area contributed by atoms with Gasteiger partial charge >= 0.3 is 0 Å². The van der Waals surface area contributed by atoms with Crippen LogP contribution in [0.3, 0.4) is 0 Å². The second-order valence-electron chi connectivity index (χ2n) is 4.31. The van der Waals surface area contributed by atoms with E-state index in [0.717, 1.165) is 4.31 Å². The number of pyridine rings is 1. The molecular formula is C13H15N3O4S. The minimum Gasteiger partial charge on any atom is -0.467 e. The quantitative estimate of drug-likeness (QED) is 0.844. The monoisotopic (exact) mass is 309 g/mol. The molecule has 2 heterocycles. The van der Waals surface area contributed by atoms with Gasteiger partial charge in [0, 0.05) is 19.4 Å². The summed E-state index contributed by atoms with van der Waals surface area (Å²) in [4.78, 5) is 15.6. The highest BCUT2D eigenvalue weighted by atomic mass is 32.2. The third kappa shape index (κ3) is 3.89. The first kappa shape index (κ1) is 15.2. The summed E-state index contributed by atoms with van der Waals surface area (Å²) in [7, 11) is -2.38. The van der Waals surface area contributed by atoms with Crippen LogP contribution in [-0.4, -0.2) is 37.2 Å². The molecule has 0 aliphatic rings. The molecule has 0 bridgehead atoms. The molecule has 21 heavy (non-hydrogen) atoms. The third-order valence-corrected chi connectivity index (χ3v) is 4.54. The van der Waals surface area contributed by atoms with Crippen molar-refractivity contribution in [3.05, 3.63) is 48.7 Å². The molecule has 0 unspecified atom stereocenters. The Morgan fingerprint density at radius 2 is 2.19 bits per heavy atom. The Morgan fingerprint density at radius 1 is 1.38 bits per heavy atom. The molecule has 0 aromatic carbocycles. The molecule has 2 rings (SSSR count). The molecule has 0 aliphatic carbocycles. The predicted molar refractivity (Wildman–Crippen MR) is 74.6 cm³/mol. The van der Waals surface area contributed by atoms with Crippen molar-refractivity contribution in [2.75, 3.05) is 13.6 Å². The largest absolute Gasteiger partial charge is 0.467 e. The van der Waals surface area contributed by atoms with Gasteiger partial charge in [-0.1, -0.05) is 0 Å². The molecular weight excluding hydrogens is 294 g/mol. The zero-order chi connectivity index (χ0) is 15.3. The standard InChI is InChI=1S/C13H15N3O4S/c1-16(21(18,19)12-5-2-6-14-9-12)10-13(17)15-8-11-4-3-7-20-11/h2-7,9H,8,10H2,1H3,(H,15,17). The number of amides is 1. The molecule has 7 nitrogen and oxygen atoms in total. The number of hydrogen-bond acceptors (Lipinski definition) is 5. The van der Waals surface area contributed by atoms with Crippen molar-refractivity contribution >= 4 is 15.9 Å². The predicted octanol–water partition coefficient (Wildman–Crippen LogP) is 0.611. The van der Waals surface area contributed by atoms with E-state index in [0.29, 0.717) is 5.76 Å². The molecule has 0 saturated heterocycles. The lowest BCUT2D eigenvalue weighted by molar-refractivity contribution is -0.121. The highest BCUT2D eigenvalue weighted by molar-refractivity contribution is 7.89. The van der Waals surface area contributed by atoms with Gasteiger partial charge in [-0.2, -0.15) is 4.31 Å². The molecule has 0 saturated carbocycles. The number of furan rings is 1. The van der Waals surface area contributed by atoms with Crippen LogP contribution in [0.2, 0.25) is 0 Å². The van der Waals surface area contributed by atoms with Crippen LogP contribution in [0.4, 0.5) is 0 Å². The summed E-state index contributed by atoms with van der Waals surface area (Å²) in [5, 5.41) is 2.59. The van der Waals surface area contributed by atoms with E-state index >= 15 is 0 Å². The van der Waals surface area contributed by atoms with E-state index in [9.17, 15) is 13.2 Å². The van der Waals surface area contributed by atoms with Gasteiger partial charge in [0.05, 0.1) is 19.4 Å². The van der Waals surface area contributed by atoms with Crippen LogP contribution < -0.4 is 5.32 Å². The lowest BCUT2D eigenvalue weighted by atomic mass is 10.4. The van der Waals surface area contributed by atoms with Crippen molar-refractivity contribution < 1.29 is 17.6 Å². The zero-order valence-corrected chi connectivity index (χ0v) is 12.2. The third-order valence-electron chi connectivity index (χ3n) is 2.75. The van der Waals surface area contributed by atoms with Crippen LogP contribution in [0, 0.1) is 0 Å². The van der Waals surface area contributed by atoms with Crippen LogP contribution in [0.15, 0.2) is 52.2 Å². The summed E-state index contributed by atoms with van der Waals surface area (Å²) in [6, 6.07) is 6.38. The van der Waals surface area contributed by atoms with Crippen LogP contribution in [-0.2, 0) is 21.4 Å². The number of nitrogens with one attached hydrogen (secondary N) is 1. The Kier molecular flexibility index (Phi) is 4.71. The molecule has 0 radical (unpaired) electrons. The summed E-state index contributed by atoms with van der Waals surface area (Å²) in [5.74, 6) is 0.183. The molecule has 112 valence electrons. The SMILES string of the molecule is CN(CC(=O)NCc1ccco1)S(=O)(=O)c1cccnc1. The molecule has 1 N–H and O–H groups in total. The van der Waals surface area contributed by atoms with Crippen LogP contribution in [0.25, 0.3) is 0 Å². The van der Waals surface area contributed by atoms with E-state index < -0.39 is 15.9 Å². The van der Waals surface area contributed by atoms with E-state index in [2.05, 4.69) is 10.3 Å². The second kappa shape index (κ2) is 6.51. The fourth-order valence-corrected chi connectivity index (χ4v) is 2.71. The van der Waals surface area contributed by atoms with Crippen molar-refractivity contribution in [1.29, 1.82) is 0 Å². The molecule has 0 aliphatic heterocycles. The first-order valence-corrected chi connectivity index (χ1v) is 7.59.